The molecule has 0 aromatic heterocycles. The van der Waals surface area contributed by atoms with E-state index >= 15 is 0 Å². The standard InChI is InChI=1S/C14H18O4.K.Na.2H/c1-2-3-7-10-14(12(15)16,13(17)18)11-8-5-4-6-9-11;;;;/h4-6,8-9H,2-3,7,10H2,1H3,(H,15,16)(H,17,18);;;;. The van der Waals surface area contributed by atoms with E-state index in [1.54, 1.807) is 30.3 Å². The van der Waals surface area contributed by atoms with E-state index in [0.29, 0.717) is 12.0 Å². The second-order valence-electron chi connectivity index (χ2n) is 4.34. The summed E-state index contributed by atoms with van der Waals surface area (Å²) in [4.78, 5) is 23.0. The number of carbonyl (C=O) groups is 2. The van der Waals surface area contributed by atoms with Crippen molar-refractivity contribution >= 4 is 92.9 Å². The Morgan fingerprint density at radius 1 is 1.05 bits per heavy atom. The number of rotatable bonds is 7. The van der Waals surface area contributed by atoms with Gasteiger partial charge in [-0.05, 0) is 12.0 Å². The fraction of sp³-hybridized carbons (Fsp3) is 0.429. The Hall–Kier alpha value is 0.796. The van der Waals surface area contributed by atoms with Crippen molar-refractivity contribution in [3.8, 4) is 0 Å². The fourth-order valence-electron chi connectivity index (χ4n) is 2.06. The minimum atomic E-state index is -1.82. The van der Waals surface area contributed by atoms with E-state index in [1.165, 1.54) is 0 Å². The van der Waals surface area contributed by atoms with Crippen LogP contribution in [0.1, 0.15) is 38.2 Å². The molecule has 0 aliphatic carbocycles. The third kappa shape index (κ3) is 5.53. The van der Waals surface area contributed by atoms with E-state index < -0.39 is 17.4 Å². The first-order valence-corrected chi connectivity index (χ1v) is 6.08. The first-order valence-electron chi connectivity index (χ1n) is 6.08. The summed E-state index contributed by atoms with van der Waals surface area (Å²) in [5.41, 5.74) is -1.49. The van der Waals surface area contributed by atoms with Gasteiger partial charge in [0.05, 0.1) is 0 Å². The number of hydrogen-bond acceptors (Lipinski definition) is 2. The van der Waals surface area contributed by atoms with Crippen LogP contribution < -0.4 is 0 Å². The van der Waals surface area contributed by atoms with Gasteiger partial charge < -0.3 is 10.2 Å². The Kier molecular flexibility index (Phi) is 13.1. The zero-order chi connectivity index (χ0) is 13.6. The summed E-state index contributed by atoms with van der Waals surface area (Å²) >= 11 is 0. The Morgan fingerprint density at radius 2 is 1.55 bits per heavy atom. The molecular weight excluding hydrogens is 294 g/mol. The molecule has 1 rings (SSSR count). The van der Waals surface area contributed by atoms with Gasteiger partial charge in [-0.15, -0.1) is 0 Å². The molecule has 0 aliphatic heterocycles. The third-order valence-corrected chi connectivity index (χ3v) is 3.15. The monoisotopic (exact) mass is 314 g/mol. The molecule has 0 heterocycles. The van der Waals surface area contributed by atoms with E-state index in [1.807, 2.05) is 6.92 Å². The van der Waals surface area contributed by atoms with Crippen LogP contribution in [0.3, 0.4) is 0 Å². The van der Waals surface area contributed by atoms with Crippen molar-refractivity contribution in [2.45, 2.75) is 38.0 Å². The van der Waals surface area contributed by atoms with Gasteiger partial charge in [0, 0.05) is 0 Å². The van der Waals surface area contributed by atoms with Crippen LogP contribution in [0.25, 0.3) is 0 Å². The molecule has 1 aromatic rings. The molecule has 0 radical (unpaired) electrons. The van der Waals surface area contributed by atoms with E-state index in [4.69, 9.17) is 0 Å². The molecule has 0 bridgehead atoms. The fourth-order valence-corrected chi connectivity index (χ4v) is 2.06. The van der Waals surface area contributed by atoms with Gasteiger partial charge in [-0.1, -0.05) is 56.5 Å². The summed E-state index contributed by atoms with van der Waals surface area (Å²) in [5, 5.41) is 18.7. The summed E-state index contributed by atoms with van der Waals surface area (Å²) in [6.07, 6.45) is 2.46. The minimum absolute atomic E-state index is 0. The molecule has 20 heavy (non-hydrogen) atoms. The predicted molar refractivity (Wildman–Crippen MR) is 81.8 cm³/mol. The third-order valence-electron chi connectivity index (χ3n) is 3.15. The normalized spacial score (nSPS) is 10.1. The average Bonchev–Trinajstić information content (AvgIpc) is 2.35. The predicted octanol–water partition coefficient (Wildman–Crippen LogP) is 1.38. The number of carboxylic acids is 2. The Balaban J connectivity index is 0. The SMILES string of the molecule is CCCCCC(C(=O)O)(C(=O)O)c1ccccc1.[KH].[NaH]. The number of aliphatic carboxylic acids is 2. The van der Waals surface area contributed by atoms with Crippen molar-refractivity contribution in [2.24, 2.45) is 0 Å². The summed E-state index contributed by atoms with van der Waals surface area (Å²) in [6.45, 7) is 1.99. The molecule has 0 aliphatic rings. The zero-order valence-electron chi connectivity index (χ0n) is 10.4. The molecule has 1 aromatic carbocycles. The number of hydrogen-bond donors (Lipinski definition) is 2. The van der Waals surface area contributed by atoms with Crippen molar-refractivity contribution < 1.29 is 19.8 Å². The summed E-state index contributed by atoms with van der Waals surface area (Å²) in [7, 11) is 0. The summed E-state index contributed by atoms with van der Waals surface area (Å²) < 4.78 is 0. The number of unbranched alkanes of at least 4 members (excludes halogenated alkanes) is 2. The molecule has 0 fully saturated rings. The summed E-state index contributed by atoms with van der Waals surface area (Å²) in [5.74, 6) is -2.59. The van der Waals surface area contributed by atoms with Gasteiger partial charge in [0.15, 0.2) is 5.41 Å². The second-order valence-corrected chi connectivity index (χ2v) is 4.34. The topological polar surface area (TPSA) is 74.6 Å². The van der Waals surface area contributed by atoms with Crippen molar-refractivity contribution in [1.29, 1.82) is 0 Å². The van der Waals surface area contributed by atoms with Gasteiger partial charge in [0.2, 0.25) is 0 Å². The molecule has 6 heteroatoms. The van der Waals surface area contributed by atoms with Crippen molar-refractivity contribution in [1.82, 2.24) is 0 Å². The molecule has 0 amide bonds. The van der Waals surface area contributed by atoms with Crippen LogP contribution in [0.2, 0.25) is 0 Å². The average molecular weight is 314 g/mol. The van der Waals surface area contributed by atoms with E-state index in [2.05, 4.69) is 0 Å². The van der Waals surface area contributed by atoms with Crippen LogP contribution in [-0.4, -0.2) is 103 Å². The molecule has 0 unspecified atom stereocenters. The van der Waals surface area contributed by atoms with Crippen molar-refractivity contribution in [3.05, 3.63) is 35.9 Å². The molecular formula is C14H20KNaO4. The van der Waals surface area contributed by atoms with Gasteiger partial charge in [-0.2, -0.15) is 0 Å². The number of carboxylic acid groups (broad SMARTS) is 2. The van der Waals surface area contributed by atoms with Gasteiger partial charge in [-0.3, -0.25) is 9.59 Å². The number of benzene rings is 1. The molecule has 0 saturated carbocycles. The Labute approximate surface area is 184 Å². The Bertz CT molecular complexity index is 408. The van der Waals surface area contributed by atoms with E-state index in [0.717, 1.165) is 12.8 Å². The van der Waals surface area contributed by atoms with Crippen LogP contribution >= 0.6 is 0 Å². The molecule has 0 spiro atoms. The first-order chi connectivity index (χ1) is 8.55. The van der Waals surface area contributed by atoms with Crippen LogP contribution in [0.15, 0.2) is 30.3 Å². The van der Waals surface area contributed by atoms with Crippen molar-refractivity contribution in [3.63, 3.8) is 0 Å². The van der Waals surface area contributed by atoms with E-state index in [-0.39, 0.29) is 87.4 Å². The van der Waals surface area contributed by atoms with Crippen LogP contribution in [0, 0.1) is 0 Å². The van der Waals surface area contributed by atoms with Gasteiger partial charge in [0.1, 0.15) is 0 Å². The van der Waals surface area contributed by atoms with Gasteiger partial charge >= 0.3 is 92.9 Å². The maximum atomic E-state index is 11.5. The zero-order valence-corrected chi connectivity index (χ0v) is 10.4. The van der Waals surface area contributed by atoms with Crippen molar-refractivity contribution in [2.75, 3.05) is 0 Å². The molecule has 2 N–H and O–H groups in total. The second kappa shape index (κ2) is 11.4. The van der Waals surface area contributed by atoms with Gasteiger partial charge in [-0.25, -0.2) is 0 Å². The Morgan fingerprint density at radius 3 is 1.95 bits per heavy atom. The molecule has 0 atom stereocenters. The van der Waals surface area contributed by atoms with Crippen LogP contribution in [0.4, 0.5) is 0 Å². The maximum absolute atomic E-state index is 11.5. The van der Waals surface area contributed by atoms with Gasteiger partial charge in [0.25, 0.3) is 0 Å². The summed E-state index contributed by atoms with van der Waals surface area (Å²) in [6, 6.07) is 8.19. The first kappa shape index (κ1) is 23.1. The molecule has 0 saturated heterocycles. The van der Waals surface area contributed by atoms with Crippen LogP contribution in [0.5, 0.6) is 0 Å². The molecule has 4 nitrogen and oxygen atoms in total. The molecule has 102 valence electrons. The van der Waals surface area contributed by atoms with E-state index in [9.17, 15) is 19.8 Å². The quantitative estimate of drug-likeness (QED) is 0.453. The van der Waals surface area contributed by atoms with Crippen LogP contribution in [-0.2, 0) is 15.0 Å².